The lowest BCUT2D eigenvalue weighted by molar-refractivity contribution is -0.119. The van der Waals surface area contributed by atoms with Crippen LogP contribution in [0, 0.1) is 0 Å². The number of carbonyl (C=O) groups is 1. The van der Waals surface area contributed by atoms with Gasteiger partial charge in [-0.2, -0.15) is 5.10 Å². The van der Waals surface area contributed by atoms with Gasteiger partial charge in [0, 0.05) is 18.2 Å². The molecule has 2 aliphatic heterocycles. The van der Waals surface area contributed by atoms with Crippen LogP contribution in [0.2, 0.25) is 0 Å². The Balaban J connectivity index is 1.43. The van der Waals surface area contributed by atoms with Gasteiger partial charge in [0.1, 0.15) is 0 Å². The van der Waals surface area contributed by atoms with Crippen molar-refractivity contribution in [2.24, 2.45) is 10.1 Å². The third kappa shape index (κ3) is 3.97. The lowest BCUT2D eigenvalue weighted by atomic mass is 10.0. The molecular formula is C22H24N4OS. The number of aliphatic imine (C=N–C) groups is 1. The number of hydrogen-bond donors (Lipinski definition) is 1. The number of hydrazone groups is 1. The van der Waals surface area contributed by atoms with Gasteiger partial charge in [0.15, 0.2) is 5.17 Å². The summed E-state index contributed by atoms with van der Waals surface area (Å²) < 4.78 is 0. The van der Waals surface area contributed by atoms with E-state index in [9.17, 15) is 4.79 Å². The molecule has 0 saturated heterocycles. The third-order valence-electron chi connectivity index (χ3n) is 4.98. The van der Waals surface area contributed by atoms with Gasteiger partial charge in [-0.25, -0.2) is 10.0 Å². The van der Waals surface area contributed by atoms with E-state index < -0.39 is 0 Å². The molecule has 144 valence electrons. The van der Waals surface area contributed by atoms with Gasteiger partial charge in [-0.15, -0.1) is 0 Å². The van der Waals surface area contributed by atoms with Crippen molar-refractivity contribution in [3.05, 3.63) is 65.7 Å². The van der Waals surface area contributed by atoms with Crippen LogP contribution >= 0.6 is 11.8 Å². The van der Waals surface area contributed by atoms with Crippen LogP contribution in [0.3, 0.4) is 0 Å². The number of fused-ring (bicyclic) bond motifs is 3. The fourth-order valence-electron chi connectivity index (χ4n) is 3.64. The first kappa shape index (κ1) is 18.7. The summed E-state index contributed by atoms with van der Waals surface area (Å²) in [7, 11) is 0. The van der Waals surface area contributed by atoms with E-state index in [4.69, 9.17) is 4.99 Å². The SMILES string of the molecule is CCC[C@H](NC(=O)CSC1=Nc2ccccc2[C@H]2CC=NN12)c1ccccc1. The third-order valence-corrected chi connectivity index (χ3v) is 5.93. The van der Waals surface area contributed by atoms with E-state index in [1.165, 1.54) is 17.3 Å². The molecule has 28 heavy (non-hydrogen) atoms. The molecule has 0 unspecified atom stereocenters. The molecule has 0 fully saturated rings. The predicted octanol–water partition coefficient (Wildman–Crippen LogP) is 4.81. The lowest BCUT2D eigenvalue weighted by Crippen LogP contribution is -2.32. The van der Waals surface area contributed by atoms with E-state index in [1.807, 2.05) is 47.6 Å². The van der Waals surface area contributed by atoms with E-state index in [-0.39, 0.29) is 18.0 Å². The Morgan fingerprint density at radius 2 is 2.00 bits per heavy atom. The normalized spacial score (nSPS) is 18.2. The first-order chi connectivity index (χ1) is 13.8. The zero-order valence-electron chi connectivity index (χ0n) is 15.9. The van der Waals surface area contributed by atoms with Crippen LogP contribution in [0.1, 0.15) is 49.4 Å². The molecule has 5 nitrogen and oxygen atoms in total. The van der Waals surface area contributed by atoms with Gasteiger partial charge >= 0.3 is 0 Å². The van der Waals surface area contributed by atoms with Crippen molar-refractivity contribution >= 4 is 34.7 Å². The summed E-state index contributed by atoms with van der Waals surface area (Å²) in [5.74, 6) is 0.348. The smallest absolute Gasteiger partial charge is 0.230 e. The van der Waals surface area contributed by atoms with E-state index in [0.29, 0.717) is 5.75 Å². The summed E-state index contributed by atoms with van der Waals surface area (Å²) in [5, 5.41) is 10.4. The second-order valence-electron chi connectivity index (χ2n) is 6.96. The second-order valence-corrected chi connectivity index (χ2v) is 7.90. The number of thioether (sulfide) groups is 1. The van der Waals surface area contributed by atoms with Gasteiger partial charge in [0.25, 0.3) is 0 Å². The van der Waals surface area contributed by atoms with E-state index in [1.54, 1.807) is 0 Å². The monoisotopic (exact) mass is 392 g/mol. The molecule has 0 saturated carbocycles. The average Bonchev–Trinajstić information content (AvgIpc) is 3.23. The molecule has 1 amide bonds. The highest BCUT2D eigenvalue weighted by atomic mass is 32.2. The molecule has 2 aromatic rings. The van der Waals surface area contributed by atoms with Crippen molar-refractivity contribution in [2.45, 2.75) is 38.3 Å². The molecule has 0 aliphatic carbocycles. The van der Waals surface area contributed by atoms with Gasteiger partial charge in [-0.05, 0) is 18.1 Å². The van der Waals surface area contributed by atoms with Crippen LogP contribution in [-0.2, 0) is 4.79 Å². The maximum atomic E-state index is 12.6. The fourth-order valence-corrected chi connectivity index (χ4v) is 4.46. The minimum Gasteiger partial charge on any atom is -0.349 e. The van der Waals surface area contributed by atoms with Crippen LogP contribution in [-0.4, -0.2) is 28.1 Å². The number of rotatable bonds is 6. The minimum atomic E-state index is 0.0218. The molecule has 1 N–H and O–H groups in total. The Kier molecular flexibility index (Phi) is 5.76. The number of amides is 1. The molecule has 0 spiro atoms. The fraction of sp³-hybridized carbons (Fsp3) is 0.318. The highest BCUT2D eigenvalue weighted by Crippen LogP contribution is 2.40. The molecular weight excluding hydrogens is 368 g/mol. The van der Waals surface area contributed by atoms with Crippen LogP contribution in [0.5, 0.6) is 0 Å². The molecule has 6 heteroatoms. The van der Waals surface area contributed by atoms with Crippen LogP contribution in [0.4, 0.5) is 5.69 Å². The quantitative estimate of drug-likeness (QED) is 0.767. The van der Waals surface area contributed by atoms with Gasteiger partial charge in [0.05, 0.1) is 23.5 Å². The Labute approximate surface area is 169 Å². The molecule has 2 heterocycles. The van der Waals surface area contributed by atoms with Gasteiger partial charge in [-0.3, -0.25) is 4.79 Å². The van der Waals surface area contributed by atoms with E-state index in [0.717, 1.165) is 35.7 Å². The number of nitrogens with zero attached hydrogens (tertiary/aromatic N) is 3. The first-order valence-corrected chi connectivity index (χ1v) is 10.7. The predicted molar refractivity (Wildman–Crippen MR) is 116 cm³/mol. The molecule has 0 aromatic heterocycles. The summed E-state index contributed by atoms with van der Waals surface area (Å²) in [6.45, 7) is 2.14. The van der Waals surface area contributed by atoms with E-state index >= 15 is 0 Å². The highest BCUT2D eigenvalue weighted by molar-refractivity contribution is 8.14. The van der Waals surface area contributed by atoms with Crippen LogP contribution < -0.4 is 5.32 Å². The highest BCUT2D eigenvalue weighted by Gasteiger charge is 2.32. The Morgan fingerprint density at radius 1 is 1.21 bits per heavy atom. The van der Waals surface area contributed by atoms with Gasteiger partial charge in [-0.1, -0.05) is 73.6 Å². The molecule has 2 atom stereocenters. The number of nitrogens with one attached hydrogen (secondary N) is 1. The molecule has 4 rings (SSSR count). The van der Waals surface area contributed by atoms with Crippen molar-refractivity contribution in [2.75, 3.05) is 5.75 Å². The molecule has 2 aliphatic rings. The molecule has 2 aromatic carbocycles. The summed E-state index contributed by atoms with van der Waals surface area (Å²) >= 11 is 1.45. The summed E-state index contributed by atoms with van der Waals surface area (Å²) in [6.07, 6.45) is 4.73. The Bertz CT molecular complexity index is 896. The van der Waals surface area contributed by atoms with E-state index in [2.05, 4.69) is 35.5 Å². The Hall–Kier alpha value is -2.60. The average molecular weight is 393 g/mol. The zero-order chi connectivity index (χ0) is 19.3. The number of benzene rings is 2. The Morgan fingerprint density at radius 3 is 2.82 bits per heavy atom. The number of amidine groups is 1. The maximum absolute atomic E-state index is 12.6. The largest absolute Gasteiger partial charge is 0.349 e. The number of carbonyl (C=O) groups excluding carboxylic acids is 1. The van der Waals surface area contributed by atoms with Gasteiger partial charge in [0.2, 0.25) is 5.91 Å². The number of hydrogen-bond acceptors (Lipinski definition) is 5. The van der Waals surface area contributed by atoms with Crippen molar-refractivity contribution in [3.63, 3.8) is 0 Å². The second kappa shape index (κ2) is 8.61. The van der Waals surface area contributed by atoms with Crippen molar-refractivity contribution in [3.8, 4) is 0 Å². The first-order valence-electron chi connectivity index (χ1n) is 9.72. The zero-order valence-corrected chi connectivity index (χ0v) is 16.7. The molecule has 0 bridgehead atoms. The standard InChI is InChI=1S/C22H24N4OS/c1-2-8-18(16-9-4-3-5-10-16)24-21(27)15-28-22-25-19-12-7-6-11-17(19)20-13-14-23-26(20)22/h3-7,9-12,14,18,20H,2,8,13,15H2,1H3,(H,24,27)/t18-,20+/m0/s1. The van der Waals surface area contributed by atoms with Crippen molar-refractivity contribution in [1.29, 1.82) is 0 Å². The van der Waals surface area contributed by atoms with Gasteiger partial charge < -0.3 is 5.32 Å². The summed E-state index contributed by atoms with van der Waals surface area (Å²) in [5.41, 5.74) is 3.32. The van der Waals surface area contributed by atoms with Crippen LogP contribution in [0.25, 0.3) is 0 Å². The topological polar surface area (TPSA) is 57.1 Å². The lowest BCUT2D eigenvalue weighted by Gasteiger charge is -2.29. The number of para-hydroxylation sites is 1. The molecule has 0 radical (unpaired) electrons. The van der Waals surface area contributed by atoms with Crippen LogP contribution in [0.15, 0.2) is 64.7 Å². The maximum Gasteiger partial charge on any atom is 0.230 e. The summed E-state index contributed by atoms with van der Waals surface area (Å²) in [6, 6.07) is 18.6. The van der Waals surface area contributed by atoms with Crippen molar-refractivity contribution in [1.82, 2.24) is 10.3 Å². The minimum absolute atomic E-state index is 0.0218. The summed E-state index contributed by atoms with van der Waals surface area (Å²) in [4.78, 5) is 17.4. The van der Waals surface area contributed by atoms with Crippen molar-refractivity contribution < 1.29 is 4.79 Å².